The Labute approximate surface area is 91.0 Å². The standard InChI is InChI=1S/C14H14N/c1-15(2)14-10-8-13(9-11-14)12-6-4-3-5-7-12/h3-6,8-11H,1-2H3. The fourth-order valence-corrected chi connectivity index (χ4v) is 1.51. The van der Waals surface area contributed by atoms with Crippen LogP contribution in [0.1, 0.15) is 0 Å². The molecule has 0 aromatic heterocycles. The summed E-state index contributed by atoms with van der Waals surface area (Å²) in [7, 11) is 4.09. The van der Waals surface area contributed by atoms with Crippen molar-refractivity contribution in [2.45, 2.75) is 0 Å². The van der Waals surface area contributed by atoms with Crippen LogP contribution in [0.4, 0.5) is 5.69 Å². The zero-order valence-corrected chi connectivity index (χ0v) is 9.07. The van der Waals surface area contributed by atoms with Gasteiger partial charge in [0.1, 0.15) is 0 Å². The van der Waals surface area contributed by atoms with Crippen LogP contribution in [0.3, 0.4) is 0 Å². The summed E-state index contributed by atoms with van der Waals surface area (Å²) >= 11 is 0. The Morgan fingerprint density at radius 2 is 1.67 bits per heavy atom. The maximum absolute atomic E-state index is 3.22. The summed E-state index contributed by atoms with van der Waals surface area (Å²) in [5, 5.41) is 0. The van der Waals surface area contributed by atoms with Crippen LogP contribution in [0.15, 0.2) is 48.5 Å². The van der Waals surface area contributed by atoms with Crippen molar-refractivity contribution in [2.24, 2.45) is 0 Å². The Kier molecular flexibility index (Phi) is 2.72. The molecule has 2 rings (SSSR count). The quantitative estimate of drug-likeness (QED) is 0.712. The number of hydrogen-bond acceptors (Lipinski definition) is 1. The highest BCUT2D eigenvalue weighted by Gasteiger charge is 1.98. The highest BCUT2D eigenvalue weighted by Crippen LogP contribution is 2.21. The van der Waals surface area contributed by atoms with Crippen LogP contribution >= 0.6 is 0 Å². The van der Waals surface area contributed by atoms with E-state index in [4.69, 9.17) is 0 Å². The molecule has 0 aliphatic heterocycles. The lowest BCUT2D eigenvalue weighted by Crippen LogP contribution is -2.07. The predicted molar refractivity (Wildman–Crippen MR) is 65.0 cm³/mol. The van der Waals surface area contributed by atoms with Crippen molar-refractivity contribution in [3.63, 3.8) is 0 Å². The summed E-state index contributed by atoms with van der Waals surface area (Å²) < 4.78 is 0. The number of hydrogen-bond donors (Lipinski definition) is 0. The molecule has 0 bridgehead atoms. The minimum absolute atomic E-state index is 1.14. The van der Waals surface area contributed by atoms with Crippen molar-refractivity contribution in [1.29, 1.82) is 0 Å². The van der Waals surface area contributed by atoms with Crippen LogP contribution in [0.25, 0.3) is 11.1 Å². The first-order chi connectivity index (χ1) is 7.27. The molecule has 75 valence electrons. The Bertz CT molecular complexity index is 415. The first-order valence-corrected chi connectivity index (χ1v) is 5.02. The number of rotatable bonds is 2. The summed E-state index contributed by atoms with van der Waals surface area (Å²) in [4.78, 5) is 2.10. The largest absolute Gasteiger partial charge is 0.378 e. The third-order valence-corrected chi connectivity index (χ3v) is 2.40. The van der Waals surface area contributed by atoms with Gasteiger partial charge in [-0.05, 0) is 29.3 Å². The average Bonchev–Trinajstić information content (AvgIpc) is 2.30. The Hall–Kier alpha value is -1.76. The molecule has 0 saturated carbocycles. The molecule has 0 aliphatic carbocycles. The Balaban J connectivity index is 2.32. The molecule has 1 nitrogen and oxygen atoms in total. The van der Waals surface area contributed by atoms with Gasteiger partial charge in [0.05, 0.1) is 0 Å². The maximum atomic E-state index is 3.22. The molecule has 0 N–H and O–H groups in total. The smallest absolute Gasteiger partial charge is 0.0361 e. The van der Waals surface area contributed by atoms with Gasteiger partial charge in [-0.15, -0.1) is 0 Å². The van der Waals surface area contributed by atoms with E-state index in [9.17, 15) is 0 Å². The molecule has 0 amide bonds. The van der Waals surface area contributed by atoms with Crippen LogP contribution in [0.2, 0.25) is 0 Å². The van der Waals surface area contributed by atoms with Crippen LogP contribution in [0, 0.1) is 6.07 Å². The highest BCUT2D eigenvalue weighted by atomic mass is 15.1. The minimum Gasteiger partial charge on any atom is -0.378 e. The molecule has 0 atom stereocenters. The van der Waals surface area contributed by atoms with Crippen LogP contribution < -0.4 is 4.90 Å². The lowest BCUT2D eigenvalue weighted by molar-refractivity contribution is 1.13. The first-order valence-electron chi connectivity index (χ1n) is 5.02. The van der Waals surface area contributed by atoms with E-state index in [1.807, 2.05) is 32.3 Å². The lowest BCUT2D eigenvalue weighted by atomic mass is 10.1. The topological polar surface area (TPSA) is 3.24 Å². The molecule has 2 aromatic carbocycles. The average molecular weight is 196 g/mol. The highest BCUT2D eigenvalue weighted by molar-refractivity contribution is 5.65. The molecular weight excluding hydrogens is 182 g/mol. The van der Waals surface area contributed by atoms with Gasteiger partial charge in [-0.25, -0.2) is 0 Å². The van der Waals surface area contributed by atoms with E-state index in [-0.39, 0.29) is 0 Å². The van der Waals surface area contributed by atoms with Gasteiger partial charge in [0, 0.05) is 19.8 Å². The SMILES string of the molecule is CN(C)c1ccc(-c2[c]cccc2)cc1. The molecular formula is C14H14N. The molecule has 15 heavy (non-hydrogen) atoms. The molecule has 0 spiro atoms. The molecule has 2 aromatic rings. The van der Waals surface area contributed by atoms with Crippen molar-refractivity contribution in [2.75, 3.05) is 19.0 Å². The van der Waals surface area contributed by atoms with Gasteiger partial charge in [-0.2, -0.15) is 0 Å². The molecule has 1 heteroatoms. The van der Waals surface area contributed by atoms with E-state index in [1.54, 1.807) is 0 Å². The summed E-state index contributed by atoms with van der Waals surface area (Å²) in [5.74, 6) is 0. The van der Waals surface area contributed by atoms with E-state index < -0.39 is 0 Å². The fourth-order valence-electron chi connectivity index (χ4n) is 1.51. The third-order valence-electron chi connectivity index (χ3n) is 2.40. The Morgan fingerprint density at radius 1 is 0.933 bits per heavy atom. The van der Waals surface area contributed by atoms with Crippen molar-refractivity contribution in [3.8, 4) is 11.1 Å². The van der Waals surface area contributed by atoms with Crippen LogP contribution in [-0.2, 0) is 0 Å². The van der Waals surface area contributed by atoms with Crippen LogP contribution in [-0.4, -0.2) is 14.1 Å². The zero-order chi connectivity index (χ0) is 10.7. The summed E-state index contributed by atoms with van der Waals surface area (Å²) in [6, 6.07) is 19.7. The summed E-state index contributed by atoms with van der Waals surface area (Å²) in [5.41, 5.74) is 3.57. The number of nitrogens with zero attached hydrogens (tertiary/aromatic N) is 1. The van der Waals surface area contributed by atoms with Gasteiger partial charge in [-0.1, -0.05) is 36.4 Å². The van der Waals surface area contributed by atoms with E-state index in [0.29, 0.717) is 0 Å². The van der Waals surface area contributed by atoms with Gasteiger partial charge in [0.2, 0.25) is 0 Å². The van der Waals surface area contributed by atoms with Gasteiger partial charge >= 0.3 is 0 Å². The van der Waals surface area contributed by atoms with Gasteiger partial charge in [0.15, 0.2) is 0 Å². The minimum atomic E-state index is 1.14. The monoisotopic (exact) mass is 196 g/mol. The molecule has 0 fully saturated rings. The van der Waals surface area contributed by atoms with Gasteiger partial charge in [0.25, 0.3) is 0 Å². The first kappa shape index (κ1) is 9.78. The van der Waals surface area contributed by atoms with Crippen molar-refractivity contribution >= 4 is 5.69 Å². The van der Waals surface area contributed by atoms with E-state index in [1.165, 1.54) is 11.3 Å². The van der Waals surface area contributed by atoms with E-state index in [0.717, 1.165) is 5.56 Å². The van der Waals surface area contributed by atoms with Crippen LogP contribution in [0.5, 0.6) is 0 Å². The lowest BCUT2D eigenvalue weighted by Gasteiger charge is -2.12. The fraction of sp³-hybridized carbons (Fsp3) is 0.143. The second kappa shape index (κ2) is 4.18. The normalized spacial score (nSPS) is 10.0. The van der Waals surface area contributed by atoms with E-state index in [2.05, 4.69) is 41.3 Å². The predicted octanol–water partition coefficient (Wildman–Crippen LogP) is 3.22. The third kappa shape index (κ3) is 2.18. The second-order valence-corrected chi connectivity index (χ2v) is 3.72. The summed E-state index contributed by atoms with van der Waals surface area (Å²) in [6.07, 6.45) is 0. The maximum Gasteiger partial charge on any atom is 0.0361 e. The second-order valence-electron chi connectivity index (χ2n) is 3.72. The van der Waals surface area contributed by atoms with Crippen molar-refractivity contribution in [1.82, 2.24) is 0 Å². The molecule has 0 heterocycles. The van der Waals surface area contributed by atoms with Gasteiger partial charge < -0.3 is 4.90 Å². The zero-order valence-electron chi connectivity index (χ0n) is 9.07. The van der Waals surface area contributed by atoms with Crippen molar-refractivity contribution in [3.05, 3.63) is 54.6 Å². The molecule has 0 aliphatic rings. The van der Waals surface area contributed by atoms with Gasteiger partial charge in [-0.3, -0.25) is 0 Å². The number of anilines is 1. The Morgan fingerprint density at radius 3 is 2.20 bits per heavy atom. The van der Waals surface area contributed by atoms with E-state index >= 15 is 0 Å². The molecule has 1 radical (unpaired) electrons. The molecule has 0 unspecified atom stereocenters. The van der Waals surface area contributed by atoms with Crippen molar-refractivity contribution < 1.29 is 0 Å². The molecule has 0 saturated heterocycles. The number of benzene rings is 2. The summed E-state index contributed by atoms with van der Waals surface area (Å²) in [6.45, 7) is 0.